The van der Waals surface area contributed by atoms with Crippen LogP contribution >= 0.6 is 0 Å². The molecule has 7 heteroatoms. The summed E-state index contributed by atoms with van der Waals surface area (Å²) in [4.78, 5) is 14.2. The van der Waals surface area contributed by atoms with Crippen LogP contribution in [0.25, 0.3) is 72.5 Å². The zero-order valence-corrected chi connectivity index (χ0v) is 26.6. The van der Waals surface area contributed by atoms with Crippen LogP contribution in [0.15, 0.2) is 114 Å². The molecule has 2 aromatic carbocycles. The maximum absolute atomic E-state index is 11.2. The number of pyridine rings is 4. The monoisotopic (exact) mass is 755 g/mol. The van der Waals surface area contributed by atoms with Crippen molar-refractivity contribution in [3.63, 3.8) is 0 Å². The molecule has 0 aliphatic rings. The van der Waals surface area contributed by atoms with Crippen LogP contribution in [0.4, 0.5) is 0 Å². The second-order valence-electron chi connectivity index (χ2n) is 11.9. The van der Waals surface area contributed by atoms with Gasteiger partial charge in [0, 0.05) is 48.9 Å². The van der Waals surface area contributed by atoms with Gasteiger partial charge in [-0.1, -0.05) is 51.1 Å². The van der Waals surface area contributed by atoms with E-state index in [1.165, 1.54) is 5.56 Å². The molecule has 6 heterocycles. The van der Waals surface area contributed by atoms with Crippen molar-refractivity contribution in [2.75, 3.05) is 0 Å². The van der Waals surface area contributed by atoms with Crippen molar-refractivity contribution in [2.24, 2.45) is 0 Å². The van der Waals surface area contributed by atoms with Crippen LogP contribution in [-0.2, 0) is 26.5 Å². The standard InChI is InChI=1S/C37H28N4O2.Pt/c1-37(2,3)23-14-13-22-20-24-15-16-26-25-17-18-33(42)34(35(25)43-36(26)41(24)32(22)21-23)31-12-7-11-30(40-31)29-10-6-9-28(39-29)27-8-4-5-19-38-27;/h4-21,42H,1-3H3;. The van der Waals surface area contributed by atoms with Crippen LogP contribution in [0.3, 0.4) is 0 Å². The van der Waals surface area contributed by atoms with E-state index in [4.69, 9.17) is 14.4 Å². The third-order valence-corrected chi connectivity index (χ3v) is 8.12. The topological polar surface area (TPSA) is 76.5 Å². The first-order chi connectivity index (χ1) is 20.8. The molecule has 218 valence electrons. The third-order valence-electron chi connectivity index (χ3n) is 8.12. The second-order valence-corrected chi connectivity index (χ2v) is 11.9. The summed E-state index contributed by atoms with van der Waals surface area (Å²) in [5, 5.41) is 14.2. The molecule has 0 aliphatic heterocycles. The third kappa shape index (κ3) is 4.49. The number of phenols is 1. The van der Waals surface area contributed by atoms with Crippen LogP contribution in [-0.4, -0.2) is 24.5 Å². The minimum Gasteiger partial charge on any atom is -0.507 e. The van der Waals surface area contributed by atoms with Gasteiger partial charge in [-0.2, -0.15) is 0 Å². The minimum absolute atomic E-state index is 0. The van der Waals surface area contributed by atoms with Crippen molar-refractivity contribution in [1.29, 1.82) is 0 Å². The summed E-state index contributed by atoms with van der Waals surface area (Å²) in [6.45, 7) is 6.67. The molecule has 6 aromatic heterocycles. The average molecular weight is 756 g/mol. The number of fused-ring (bicyclic) bond motifs is 7. The van der Waals surface area contributed by atoms with Gasteiger partial charge in [-0.05, 0) is 83.8 Å². The number of hydrogen-bond donors (Lipinski definition) is 1. The number of nitrogens with zero attached hydrogens (tertiary/aromatic N) is 4. The Labute approximate surface area is 268 Å². The molecule has 0 aliphatic carbocycles. The minimum atomic E-state index is 0. The summed E-state index contributed by atoms with van der Waals surface area (Å²) < 4.78 is 8.86. The number of rotatable bonds is 3. The molecular formula is C37H28N4O2Pt. The fraction of sp³-hybridized carbons (Fsp3) is 0.108. The summed E-state index contributed by atoms with van der Waals surface area (Å²) in [6, 6.07) is 34.0. The van der Waals surface area contributed by atoms with E-state index in [1.54, 1.807) is 12.3 Å². The number of aromatic hydroxyl groups is 1. The number of furan rings is 1. The van der Waals surface area contributed by atoms with E-state index in [2.05, 4.69) is 66.6 Å². The average Bonchev–Trinajstić information content (AvgIpc) is 3.59. The normalized spacial score (nSPS) is 11.9. The quantitative estimate of drug-likeness (QED) is 0.195. The van der Waals surface area contributed by atoms with E-state index >= 15 is 0 Å². The van der Waals surface area contributed by atoms with Gasteiger partial charge in [-0.15, -0.1) is 0 Å². The first-order valence-electron chi connectivity index (χ1n) is 14.3. The van der Waals surface area contributed by atoms with E-state index in [9.17, 15) is 5.11 Å². The Morgan fingerprint density at radius 2 is 1.36 bits per heavy atom. The van der Waals surface area contributed by atoms with Crippen molar-refractivity contribution in [3.8, 4) is 39.8 Å². The van der Waals surface area contributed by atoms with Gasteiger partial charge in [0.05, 0.1) is 39.5 Å². The molecule has 8 aromatic rings. The predicted octanol–water partition coefficient (Wildman–Crippen LogP) is 9.18. The molecule has 0 radical (unpaired) electrons. The summed E-state index contributed by atoms with van der Waals surface area (Å²) in [7, 11) is 0. The number of aromatic nitrogens is 4. The molecule has 0 spiro atoms. The summed E-state index contributed by atoms with van der Waals surface area (Å²) >= 11 is 0. The van der Waals surface area contributed by atoms with E-state index in [0.717, 1.165) is 50.0 Å². The molecular weight excluding hydrogens is 728 g/mol. The van der Waals surface area contributed by atoms with Gasteiger partial charge in [-0.25, -0.2) is 9.97 Å². The van der Waals surface area contributed by atoms with Crippen LogP contribution in [0.2, 0.25) is 0 Å². The Morgan fingerprint density at radius 1 is 0.682 bits per heavy atom. The van der Waals surface area contributed by atoms with Gasteiger partial charge in [-0.3, -0.25) is 9.38 Å². The Kier molecular flexibility index (Phi) is 6.63. The first kappa shape index (κ1) is 28.0. The number of phenolic OH excluding ortho intramolecular Hbond substituents is 1. The molecule has 0 saturated heterocycles. The fourth-order valence-electron chi connectivity index (χ4n) is 5.89. The molecule has 0 atom stereocenters. The molecule has 0 amide bonds. The summed E-state index contributed by atoms with van der Waals surface area (Å²) in [5.74, 6) is 0.107. The van der Waals surface area contributed by atoms with Crippen molar-refractivity contribution >= 4 is 38.5 Å². The van der Waals surface area contributed by atoms with Gasteiger partial charge in [0.2, 0.25) is 5.71 Å². The maximum atomic E-state index is 11.2. The van der Waals surface area contributed by atoms with Crippen LogP contribution in [0.5, 0.6) is 5.75 Å². The summed E-state index contributed by atoms with van der Waals surface area (Å²) in [6.07, 6.45) is 1.76. The molecule has 44 heavy (non-hydrogen) atoms. The van der Waals surface area contributed by atoms with Crippen LogP contribution in [0, 0.1) is 0 Å². The molecule has 0 bridgehead atoms. The Hall–Kier alpha value is -4.80. The zero-order chi connectivity index (χ0) is 29.3. The van der Waals surface area contributed by atoms with Crippen molar-refractivity contribution in [3.05, 3.63) is 115 Å². The van der Waals surface area contributed by atoms with Crippen molar-refractivity contribution < 1.29 is 30.6 Å². The second kappa shape index (κ2) is 10.4. The molecule has 6 nitrogen and oxygen atoms in total. The molecule has 0 saturated carbocycles. The zero-order valence-electron chi connectivity index (χ0n) is 24.4. The van der Waals surface area contributed by atoms with Gasteiger partial charge in [0.25, 0.3) is 0 Å². The smallest absolute Gasteiger partial charge is 0.213 e. The molecule has 1 N–H and O–H groups in total. The first-order valence-corrected chi connectivity index (χ1v) is 14.3. The number of benzene rings is 2. The van der Waals surface area contributed by atoms with E-state index in [-0.39, 0.29) is 32.2 Å². The SMILES string of the molecule is CC(C)(C)c1ccc2cc3ccc4c5ccc(O)c(-c6cccc(-c7cccc(-c8ccccn8)n7)n6)c5oc4n3c2c1.[Pt]. The van der Waals surface area contributed by atoms with Crippen LogP contribution < -0.4 is 0 Å². The molecule has 0 unspecified atom stereocenters. The van der Waals surface area contributed by atoms with Crippen molar-refractivity contribution in [2.45, 2.75) is 26.2 Å². The number of hydrogen-bond acceptors (Lipinski definition) is 5. The fourth-order valence-corrected chi connectivity index (χ4v) is 5.89. The Morgan fingerprint density at radius 3 is 2.09 bits per heavy atom. The molecule has 0 fully saturated rings. The van der Waals surface area contributed by atoms with Gasteiger partial charge < -0.3 is 9.52 Å². The van der Waals surface area contributed by atoms with E-state index < -0.39 is 0 Å². The summed E-state index contributed by atoms with van der Waals surface area (Å²) in [5.41, 5.74) is 8.88. The van der Waals surface area contributed by atoms with E-state index in [0.29, 0.717) is 22.5 Å². The Bertz CT molecular complexity index is 2350. The largest absolute Gasteiger partial charge is 0.507 e. The van der Waals surface area contributed by atoms with Crippen LogP contribution in [0.1, 0.15) is 26.3 Å². The van der Waals surface area contributed by atoms with Gasteiger partial charge in [0.15, 0.2) is 5.58 Å². The van der Waals surface area contributed by atoms with Gasteiger partial charge >= 0.3 is 0 Å². The predicted molar refractivity (Wildman–Crippen MR) is 172 cm³/mol. The van der Waals surface area contributed by atoms with Gasteiger partial charge in [0.1, 0.15) is 5.75 Å². The van der Waals surface area contributed by atoms with E-state index in [1.807, 2.05) is 60.7 Å². The Balaban J connectivity index is 0.00000312. The molecule has 8 rings (SSSR count). The maximum Gasteiger partial charge on any atom is 0.213 e. The van der Waals surface area contributed by atoms with Crippen molar-refractivity contribution in [1.82, 2.24) is 19.4 Å².